The van der Waals surface area contributed by atoms with E-state index in [1.165, 1.54) is 17.6 Å². The zero-order chi connectivity index (χ0) is 24.5. The lowest BCUT2D eigenvalue weighted by Gasteiger charge is -2.15. The Hall–Kier alpha value is -4.40. The maximum Gasteiger partial charge on any atom is 0.251 e. The third-order valence-electron chi connectivity index (χ3n) is 6.33. The Morgan fingerprint density at radius 2 is 2.00 bits per heavy atom. The first-order chi connectivity index (χ1) is 17.0. The summed E-state index contributed by atoms with van der Waals surface area (Å²) >= 11 is 0. The van der Waals surface area contributed by atoms with E-state index in [1.54, 1.807) is 38.4 Å². The van der Waals surface area contributed by atoms with Crippen LogP contribution in [0, 0.1) is 0 Å². The molecule has 2 aromatic carbocycles. The van der Waals surface area contributed by atoms with Crippen LogP contribution in [0.1, 0.15) is 33.6 Å². The minimum atomic E-state index is -0.214. The number of carbonyl (C=O) groups excluding carboxylic acids is 2. The minimum absolute atomic E-state index is 0.115. The lowest BCUT2D eigenvalue weighted by atomic mass is 10.1. The van der Waals surface area contributed by atoms with E-state index in [1.807, 2.05) is 18.2 Å². The summed E-state index contributed by atoms with van der Waals surface area (Å²) in [5.41, 5.74) is 13.0. The molecule has 4 aromatic rings. The predicted molar refractivity (Wildman–Crippen MR) is 134 cm³/mol. The Labute approximate surface area is 202 Å². The maximum absolute atomic E-state index is 12.8. The highest BCUT2D eigenvalue weighted by molar-refractivity contribution is 5.97. The monoisotopic (exact) mass is 470 g/mol. The number of nitrogens with one attached hydrogen (secondary N) is 2. The van der Waals surface area contributed by atoms with Gasteiger partial charge in [-0.05, 0) is 49.1 Å². The molecule has 0 radical (unpaired) electrons. The van der Waals surface area contributed by atoms with Gasteiger partial charge in [-0.2, -0.15) is 0 Å². The largest absolute Gasteiger partial charge is 0.496 e. The fourth-order valence-electron chi connectivity index (χ4n) is 4.76. The molecule has 4 N–H and O–H groups in total. The fraction of sp³-hybridized carbons (Fsp3) is 0.231. The van der Waals surface area contributed by atoms with Crippen LogP contribution in [0.25, 0.3) is 16.7 Å². The number of methoxy groups -OCH3 is 1. The van der Waals surface area contributed by atoms with Crippen LogP contribution in [-0.4, -0.2) is 40.5 Å². The molecule has 0 fully saturated rings. The zero-order valence-electron chi connectivity index (χ0n) is 19.6. The SMILES string of the molecule is CNC(=O)c1cccc(NC(=O)Cc2ccc(-n3c4c(c5ncnc(N)c53)CCC4)cc2OC)c1. The quantitative estimate of drug-likeness (QED) is 0.398. The molecule has 0 aliphatic heterocycles. The van der Waals surface area contributed by atoms with E-state index in [0.717, 1.165) is 41.5 Å². The molecule has 2 heterocycles. The van der Waals surface area contributed by atoms with Crippen molar-refractivity contribution < 1.29 is 14.3 Å². The predicted octanol–water partition coefficient (Wildman–Crippen LogP) is 3.04. The zero-order valence-corrected chi connectivity index (χ0v) is 19.6. The maximum atomic E-state index is 12.8. The third-order valence-corrected chi connectivity index (χ3v) is 6.33. The second-order valence-corrected chi connectivity index (χ2v) is 8.45. The molecule has 0 bridgehead atoms. The Balaban J connectivity index is 1.44. The number of nitrogens with zero attached hydrogens (tertiary/aromatic N) is 3. The van der Waals surface area contributed by atoms with Gasteiger partial charge >= 0.3 is 0 Å². The Bertz CT molecular complexity index is 1460. The molecule has 0 saturated carbocycles. The van der Waals surface area contributed by atoms with E-state index in [9.17, 15) is 9.59 Å². The summed E-state index contributed by atoms with van der Waals surface area (Å²) in [6, 6.07) is 12.6. The number of fused-ring (bicyclic) bond motifs is 3. The summed E-state index contributed by atoms with van der Waals surface area (Å²) in [6.45, 7) is 0. The van der Waals surface area contributed by atoms with Gasteiger partial charge in [0.1, 0.15) is 17.6 Å². The van der Waals surface area contributed by atoms with Crippen LogP contribution in [-0.2, 0) is 24.1 Å². The topological polar surface area (TPSA) is 124 Å². The van der Waals surface area contributed by atoms with Gasteiger partial charge in [0.05, 0.1) is 19.0 Å². The molecule has 0 unspecified atom stereocenters. The Kier molecular flexibility index (Phi) is 5.82. The number of amides is 2. The molecule has 2 aromatic heterocycles. The number of aromatic nitrogens is 3. The molecule has 0 saturated heterocycles. The first-order valence-corrected chi connectivity index (χ1v) is 11.4. The highest BCUT2D eigenvalue weighted by Gasteiger charge is 2.25. The van der Waals surface area contributed by atoms with Gasteiger partial charge in [0.15, 0.2) is 5.82 Å². The summed E-state index contributed by atoms with van der Waals surface area (Å²) in [5.74, 6) is 0.607. The van der Waals surface area contributed by atoms with Crippen molar-refractivity contribution in [1.82, 2.24) is 19.9 Å². The van der Waals surface area contributed by atoms with Crippen LogP contribution >= 0.6 is 0 Å². The number of nitrogens with two attached hydrogens (primary N) is 1. The normalized spacial score (nSPS) is 12.4. The molecule has 9 heteroatoms. The smallest absolute Gasteiger partial charge is 0.251 e. The molecule has 2 amide bonds. The molecule has 35 heavy (non-hydrogen) atoms. The number of ether oxygens (including phenoxy) is 1. The molecule has 9 nitrogen and oxygen atoms in total. The van der Waals surface area contributed by atoms with Crippen molar-refractivity contribution in [3.8, 4) is 11.4 Å². The lowest BCUT2D eigenvalue weighted by Crippen LogP contribution is -2.19. The van der Waals surface area contributed by atoms with Crippen LogP contribution in [0.15, 0.2) is 48.8 Å². The van der Waals surface area contributed by atoms with E-state index >= 15 is 0 Å². The second-order valence-electron chi connectivity index (χ2n) is 8.45. The van der Waals surface area contributed by atoms with Crippen molar-refractivity contribution in [3.05, 3.63) is 71.2 Å². The number of carbonyl (C=O) groups is 2. The number of rotatable bonds is 6. The van der Waals surface area contributed by atoms with Gasteiger partial charge in [0.2, 0.25) is 5.91 Å². The average molecular weight is 471 g/mol. The molecule has 5 rings (SSSR count). The molecule has 0 spiro atoms. The van der Waals surface area contributed by atoms with Gasteiger partial charge < -0.3 is 25.7 Å². The van der Waals surface area contributed by atoms with Crippen LogP contribution in [0.2, 0.25) is 0 Å². The summed E-state index contributed by atoms with van der Waals surface area (Å²) in [4.78, 5) is 33.4. The van der Waals surface area contributed by atoms with E-state index in [-0.39, 0.29) is 18.2 Å². The number of aryl methyl sites for hydroxylation is 1. The number of nitrogen functional groups attached to an aromatic ring is 1. The van der Waals surface area contributed by atoms with Gasteiger partial charge in [-0.15, -0.1) is 0 Å². The van der Waals surface area contributed by atoms with Crippen molar-refractivity contribution in [2.24, 2.45) is 0 Å². The summed E-state index contributed by atoms with van der Waals surface area (Å²) in [6.07, 6.45) is 4.59. The highest BCUT2D eigenvalue weighted by atomic mass is 16.5. The van der Waals surface area contributed by atoms with Crippen LogP contribution in [0.3, 0.4) is 0 Å². The van der Waals surface area contributed by atoms with E-state index < -0.39 is 0 Å². The van der Waals surface area contributed by atoms with Gasteiger partial charge in [0, 0.05) is 41.3 Å². The van der Waals surface area contributed by atoms with Crippen molar-refractivity contribution in [1.29, 1.82) is 0 Å². The van der Waals surface area contributed by atoms with Crippen molar-refractivity contribution in [2.45, 2.75) is 25.7 Å². The van der Waals surface area contributed by atoms with E-state index in [4.69, 9.17) is 10.5 Å². The van der Waals surface area contributed by atoms with Crippen LogP contribution in [0.4, 0.5) is 11.5 Å². The Morgan fingerprint density at radius 3 is 2.80 bits per heavy atom. The van der Waals surface area contributed by atoms with Gasteiger partial charge in [-0.25, -0.2) is 9.97 Å². The molecule has 178 valence electrons. The molecule has 0 atom stereocenters. The fourth-order valence-corrected chi connectivity index (χ4v) is 4.76. The van der Waals surface area contributed by atoms with Crippen molar-refractivity contribution >= 4 is 34.4 Å². The average Bonchev–Trinajstić information content (AvgIpc) is 3.46. The van der Waals surface area contributed by atoms with Gasteiger partial charge in [-0.1, -0.05) is 12.1 Å². The molecular formula is C26H26N6O3. The Morgan fingerprint density at radius 1 is 1.14 bits per heavy atom. The third kappa shape index (κ3) is 4.05. The number of hydrogen-bond donors (Lipinski definition) is 3. The summed E-state index contributed by atoms with van der Waals surface area (Å²) in [5, 5.41) is 5.43. The summed E-state index contributed by atoms with van der Waals surface area (Å²) in [7, 11) is 3.15. The van der Waals surface area contributed by atoms with Crippen molar-refractivity contribution in [3.63, 3.8) is 0 Å². The standard InChI is InChI=1S/C26H26N6O3/c1-28-26(34)16-5-3-6-17(11-16)31-22(33)12-15-9-10-18(13-21(15)35-2)32-20-8-4-7-19(20)23-24(32)25(27)30-14-29-23/h3,5-6,9-11,13-14H,4,7-8,12H2,1-2H3,(H,28,34)(H,31,33)(H2,27,29,30). The van der Waals surface area contributed by atoms with Crippen LogP contribution in [0.5, 0.6) is 5.75 Å². The highest BCUT2D eigenvalue weighted by Crippen LogP contribution is 2.37. The van der Waals surface area contributed by atoms with Crippen molar-refractivity contribution in [2.75, 3.05) is 25.2 Å². The number of anilines is 2. The lowest BCUT2D eigenvalue weighted by molar-refractivity contribution is -0.115. The molecule has 1 aliphatic rings. The molecular weight excluding hydrogens is 444 g/mol. The first-order valence-electron chi connectivity index (χ1n) is 11.4. The summed E-state index contributed by atoms with van der Waals surface area (Å²) < 4.78 is 7.77. The van der Waals surface area contributed by atoms with Crippen LogP contribution < -0.4 is 21.1 Å². The first kappa shape index (κ1) is 22.4. The van der Waals surface area contributed by atoms with Gasteiger partial charge in [0.25, 0.3) is 5.91 Å². The van der Waals surface area contributed by atoms with Gasteiger partial charge in [-0.3, -0.25) is 9.59 Å². The number of benzene rings is 2. The number of hydrogen-bond acceptors (Lipinski definition) is 6. The molecule has 1 aliphatic carbocycles. The minimum Gasteiger partial charge on any atom is -0.496 e. The van der Waals surface area contributed by atoms with E-state index in [0.29, 0.717) is 22.8 Å². The second kappa shape index (κ2) is 9.09. The van der Waals surface area contributed by atoms with E-state index in [2.05, 4.69) is 25.2 Å².